The largest absolute Gasteiger partial charge is 0.350 e. The van der Waals surface area contributed by atoms with E-state index in [1.165, 1.54) is 0 Å². The fourth-order valence-electron chi connectivity index (χ4n) is 3.20. The van der Waals surface area contributed by atoms with Gasteiger partial charge in [-0.3, -0.25) is 14.7 Å². The normalized spacial score (nSPS) is 17.2. The molecule has 6 nitrogen and oxygen atoms in total. The van der Waals surface area contributed by atoms with Crippen molar-refractivity contribution in [1.82, 2.24) is 25.2 Å². The molecule has 25 heavy (non-hydrogen) atoms. The molecule has 2 N–H and O–H groups in total. The molecule has 4 rings (SSSR count). The maximum atomic E-state index is 12.4. The third-order valence-corrected chi connectivity index (χ3v) is 5.26. The number of hydrogen-bond donors (Lipinski definition) is 2. The first kappa shape index (κ1) is 16.0. The summed E-state index contributed by atoms with van der Waals surface area (Å²) in [5.41, 5.74) is 3.02. The van der Waals surface area contributed by atoms with Gasteiger partial charge in [-0.15, -0.1) is 11.3 Å². The van der Waals surface area contributed by atoms with E-state index in [9.17, 15) is 4.79 Å². The molecule has 0 saturated heterocycles. The van der Waals surface area contributed by atoms with Gasteiger partial charge in [0, 0.05) is 29.7 Å². The van der Waals surface area contributed by atoms with Crippen LogP contribution in [0.25, 0.3) is 0 Å². The van der Waals surface area contributed by atoms with E-state index in [1.54, 1.807) is 23.9 Å². The Labute approximate surface area is 149 Å². The van der Waals surface area contributed by atoms with Crippen LogP contribution in [-0.4, -0.2) is 38.8 Å². The molecule has 3 aromatic heterocycles. The molecule has 0 aliphatic carbocycles. The summed E-state index contributed by atoms with van der Waals surface area (Å²) in [5, 5.41) is 5.02. The van der Waals surface area contributed by atoms with Crippen LogP contribution in [0, 0.1) is 0 Å². The lowest BCUT2D eigenvalue weighted by molar-refractivity contribution is -0.122. The highest BCUT2D eigenvalue weighted by molar-refractivity contribution is 7.09. The number of hydrogen-bond acceptors (Lipinski definition) is 5. The first-order valence-electron chi connectivity index (χ1n) is 8.27. The minimum Gasteiger partial charge on any atom is -0.350 e. The first-order chi connectivity index (χ1) is 12.3. The molecule has 1 aliphatic heterocycles. The molecule has 0 spiro atoms. The second-order valence-electron chi connectivity index (χ2n) is 6.00. The zero-order chi connectivity index (χ0) is 17.1. The summed E-state index contributed by atoms with van der Waals surface area (Å²) in [5.74, 6) is 0.0216. The Hall–Kier alpha value is -2.51. The van der Waals surface area contributed by atoms with E-state index in [1.807, 2.05) is 35.7 Å². The second-order valence-corrected chi connectivity index (χ2v) is 7.03. The summed E-state index contributed by atoms with van der Waals surface area (Å²) in [6, 6.07) is 9.79. The van der Waals surface area contributed by atoms with Gasteiger partial charge in [-0.2, -0.15) is 0 Å². The maximum absolute atomic E-state index is 12.4. The zero-order valence-corrected chi connectivity index (χ0v) is 14.5. The Morgan fingerprint density at radius 2 is 2.28 bits per heavy atom. The Bertz CT molecular complexity index is 830. The van der Waals surface area contributed by atoms with Crippen LogP contribution in [0.4, 0.5) is 0 Å². The SMILES string of the molecule is O=C(CN1CCc2[nH]cnc2C1c1ccccn1)NCc1cccs1. The summed E-state index contributed by atoms with van der Waals surface area (Å²) in [4.78, 5) is 27.9. The van der Waals surface area contributed by atoms with Crippen molar-refractivity contribution in [2.45, 2.75) is 19.0 Å². The average Bonchev–Trinajstić information content (AvgIpc) is 3.32. The summed E-state index contributed by atoms with van der Waals surface area (Å²) >= 11 is 1.65. The van der Waals surface area contributed by atoms with E-state index in [2.05, 4.69) is 25.2 Å². The number of nitrogens with zero attached hydrogens (tertiary/aromatic N) is 3. The Kier molecular flexibility index (Phi) is 4.58. The molecule has 0 saturated carbocycles. The molecule has 7 heteroatoms. The van der Waals surface area contributed by atoms with Crippen LogP contribution in [0.15, 0.2) is 48.2 Å². The molecule has 128 valence electrons. The van der Waals surface area contributed by atoms with Gasteiger partial charge in [0.2, 0.25) is 5.91 Å². The number of aromatic nitrogens is 3. The van der Waals surface area contributed by atoms with E-state index in [0.717, 1.165) is 34.9 Å². The van der Waals surface area contributed by atoms with Gasteiger partial charge in [0.1, 0.15) is 0 Å². The standard InChI is InChI=1S/C18H19N5OS/c24-16(20-10-13-4-3-9-25-13)11-23-8-6-14-17(22-12-21-14)18(23)15-5-1-2-7-19-15/h1-5,7,9,12,18H,6,8,10-11H2,(H,20,24)(H,21,22). The van der Waals surface area contributed by atoms with E-state index >= 15 is 0 Å². The number of rotatable bonds is 5. The van der Waals surface area contributed by atoms with Gasteiger partial charge >= 0.3 is 0 Å². The molecule has 0 bridgehead atoms. The molecule has 4 heterocycles. The molecular formula is C18H19N5OS. The summed E-state index contributed by atoms with van der Waals surface area (Å²) in [7, 11) is 0. The molecule has 0 fully saturated rings. The second kappa shape index (κ2) is 7.16. The molecule has 3 aromatic rings. The van der Waals surface area contributed by atoms with Crippen LogP contribution >= 0.6 is 11.3 Å². The minimum absolute atomic E-state index is 0.0216. The maximum Gasteiger partial charge on any atom is 0.234 e. The van der Waals surface area contributed by atoms with Crippen molar-refractivity contribution >= 4 is 17.2 Å². The van der Waals surface area contributed by atoms with Crippen molar-refractivity contribution in [2.24, 2.45) is 0 Å². The third kappa shape index (κ3) is 3.47. The molecular weight excluding hydrogens is 334 g/mol. The molecule has 0 aromatic carbocycles. The van der Waals surface area contributed by atoms with Crippen LogP contribution in [-0.2, 0) is 17.8 Å². The number of imidazole rings is 1. The first-order valence-corrected chi connectivity index (χ1v) is 9.15. The van der Waals surface area contributed by atoms with Crippen LogP contribution in [0.2, 0.25) is 0 Å². The number of carbonyl (C=O) groups excluding carboxylic acids is 1. The molecule has 1 aliphatic rings. The Morgan fingerprint density at radius 1 is 1.32 bits per heavy atom. The summed E-state index contributed by atoms with van der Waals surface area (Å²) in [6.45, 7) is 1.70. The van der Waals surface area contributed by atoms with Crippen LogP contribution in [0.5, 0.6) is 0 Å². The minimum atomic E-state index is -0.0938. The van der Waals surface area contributed by atoms with E-state index in [0.29, 0.717) is 13.1 Å². The number of fused-ring (bicyclic) bond motifs is 1. The van der Waals surface area contributed by atoms with Gasteiger partial charge in [0.25, 0.3) is 0 Å². The fourth-order valence-corrected chi connectivity index (χ4v) is 3.84. The average molecular weight is 353 g/mol. The van der Waals surface area contributed by atoms with Crippen LogP contribution in [0.1, 0.15) is 28.0 Å². The number of aromatic amines is 1. The summed E-state index contributed by atoms with van der Waals surface area (Å²) < 4.78 is 0. The highest BCUT2D eigenvalue weighted by Crippen LogP contribution is 2.31. The highest BCUT2D eigenvalue weighted by Gasteiger charge is 2.32. The van der Waals surface area contributed by atoms with E-state index < -0.39 is 0 Å². The lowest BCUT2D eigenvalue weighted by Crippen LogP contribution is -2.43. The molecule has 1 unspecified atom stereocenters. The lowest BCUT2D eigenvalue weighted by Gasteiger charge is -2.33. The zero-order valence-electron chi connectivity index (χ0n) is 13.7. The van der Waals surface area contributed by atoms with Crippen LogP contribution in [0.3, 0.4) is 0 Å². The van der Waals surface area contributed by atoms with Crippen molar-refractivity contribution < 1.29 is 4.79 Å². The van der Waals surface area contributed by atoms with Crippen molar-refractivity contribution in [3.05, 3.63) is 70.2 Å². The monoisotopic (exact) mass is 353 g/mol. The van der Waals surface area contributed by atoms with Gasteiger partial charge in [-0.1, -0.05) is 12.1 Å². The van der Waals surface area contributed by atoms with Crippen molar-refractivity contribution in [2.75, 3.05) is 13.1 Å². The Morgan fingerprint density at radius 3 is 3.08 bits per heavy atom. The number of carbonyl (C=O) groups is 1. The number of amides is 1. The predicted octanol–water partition coefficient (Wildman–Crippen LogP) is 2.13. The van der Waals surface area contributed by atoms with E-state index in [-0.39, 0.29) is 11.9 Å². The van der Waals surface area contributed by atoms with Crippen molar-refractivity contribution in [3.63, 3.8) is 0 Å². The number of thiophene rings is 1. The predicted molar refractivity (Wildman–Crippen MR) is 96.1 cm³/mol. The fraction of sp³-hybridized carbons (Fsp3) is 0.278. The smallest absolute Gasteiger partial charge is 0.234 e. The van der Waals surface area contributed by atoms with Gasteiger partial charge in [-0.25, -0.2) is 4.98 Å². The van der Waals surface area contributed by atoms with Gasteiger partial charge in [0.15, 0.2) is 0 Å². The van der Waals surface area contributed by atoms with Gasteiger partial charge < -0.3 is 10.3 Å². The van der Waals surface area contributed by atoms with E-state index in [4.69, 9.17) is 0 Å². The van der Waals surface area contributed by atoms with Gasteiger partial charge in [0.05, 0.1) is 36.8 Å². The van der Waals surface area contributed by atoms with Gasteiger partial charge in [-0.05, 0) is 23.6 Å². The lowest BCUT2D eigenvalue weighted by atomic mass is 9.99. The summed E-state index contributed by atoms with van der Waals surface area (Å²) in [6.07, 6.45) is 4.36. The third-order valence-electron chi connectivity index (χ3n) is 4.38. The van der Waals surface area contributed by atoms with Crippen molar-refractivity contribution in [3.8, 4) is 0 Å². The Balaban J connectivity index is 1.50. The number of pyridine rings is 1. The molecule has 0 radical (unpaired) electrons. The number of H-pyrrole nitrogens is 1. The number of nitrogens with one attached hydrogen (secondary N) is 2. The highest BCUT2D eigenvalue weighted by atomic mass is 32.1. The quantitative estimate of drug-likeness (QED) is 0.737. The topological polar surface area (TPSA) is 73.9 Å². The van der Waals surface area contributed by atoms with Crippen LogP contribution < -0.4 is 5.32 Å². The molecule has 1 atom stereocenters. The molecule has 1 amide bonds. The van der Waals surface area contributed by atoms with Crippen molar-refractivity contribution in [1.29, 1.82) is 0 Å².